The number of amides is 3. The topological polar surface area (TPSA) is 242 Å². The van der Waals surface area contributed by atoms with Gasteiger partial charge in [0.2, 0.25) is 17.7 Å². The predicted octanol–water partition coefficient (Wildman–Crippen LogP) is 2.50. The number of rotatable bonds is 10. The molecule has 1 unspecified atom stereocenters. The summed E-state index contributed by atoms with van der Waals surface area (Å²) in [6, 6.07) is 11.5. The highest BCUT2D eigenvalue weighted by molar-refractivity contribution is 5.96. The highest BCUT2D eigenvalue weighted by atomic mass is 16.6. The zero-order valence-electron chi connectivity index (χ0n) is 32.7. The summed E-state index contributed by atoms with van der Waals surface area (Å²) in [5.41, 5.74) is 16.0. The van der Waals surface area contributed by atoms with Gasteiger partial charge in [0.25, 0.3) is 0 Å². The first-order valence-electron chi connectivity index (χ1n) is 19.7. The number of ketones is 1. The van der Waals surface area contributed by atoms with Crippen molar-refractivity contribution in [1.82, 2.24) is 15.5 Å². The third kappa shape index (κ3) is 11.2. The molecular weight excluding hydrogens is 731 g/mol. The first-order valence-corrected chi connectivity index (χ1v) is 19.7. The average Bonchev–Trinajstić information content (AvgIpc) is 3.80. The Morgan fingerprint density at radius 1 is 0.930 bits per heavy atom. The van der Waals surface area contributed by atoms with Crippen molar-refractivity contribution in [2.24, 2.45) is 27.4 Å². The number of aliphatic imine (C=N–C) groups is 2. The van der Waals surface area contributed by atoms with Crippen LogP contribution in [0.15, 0.2) is 70.2 Å². The lowest BCUT2D eigenvalue weighted by Gasteiger charge is -2.29. The number of hydrogen-bond donors (Lipinski definition) is 5. The molecule has 1 aliphatic carbocycles. The number of carboxylic acids is 1. The summed E-state index contributed by atoms with van der Waals surface area (Å²) in [6.45, 7) is 4.13. The van der Waals surface area contributed by atoms with Crippen LogP contribution < -0.4 is 27.2 Å². The van der Waals surface area contributed by atoms with Gasteiger partial charge >= 0.3 is 5.97 Å². The minimum absolute atomic E-state index is 0.00471. The summed E-state index contributed by atoms with van der Waals surface area (Å²) in [5.74, 6) is -4.75. The molecule has 0 saturated carbocycles. The van der Waals surface area contributed by atoms with Gasteiger partial charge in [-0.15, -0.1) is 0 Å². The molecule has 57 heavy (non-hydrogen) atoms. The number of nitrogens with one attached hydrogen (secondary N) is 2. The Labute approximate surface area is 333 Å². The number of benzene rings is 2. The fourth-order valence-corrected chi connectivity index (χ4v) is 7.87. The number of fused-ring (bicyclic) bond motifs is 4. The van der Waals surface area contributed by atoms with Crippen molar-refractivity contribution < 1.29 is 38.9 Å². The summed E-state index contributed by atoms with van der Waals surface area (Å²) in [4.78, 5) is 77.6. The molecule has 2 aromatic carbocycles. The van der Waals surface area contributed by atoms with Crippen LogP contribution in [-0.4, -0.2) is 95.4 Å². The van der Waals surface area contributed by atoms with Gasteiger partial charge in [-0.05, 0) is 81.0 Å². The standard InChI is InChI=1S/C42H55N7O8/c1-25(2)19-20-33-37(51)46-32(17-9-21-45-41(43)44)36(50)23-26(40(54)55)11-3-8-16-34(39(53)49-22-10-18-35(49)38(52)47-33)48-42(56)57-24-31-29-14-6-4-12-27(29)28-13-5-7-15-30(28)31/h4-7,12-15,19,26,31-35H,3,8-11,16-18,20-24H2,1-2H3,(H,46,51)(H,47,52)(H,48,56)(H,54,55)(H4,43,44,45)/p-1/t26-,32+,33+,34+,35?/m1/s1. The van der Waals surface area contributed by atoms with Crippen molar-refractivity contribution in [2.45, 2.75) is 108 Å². The van der Waals surface area contributed by atoms with E-state index in [4.69, 9.17) is 16.2 Å². The molecule has 7 N–H and O–H groups in total. The maximum absolute atomic E-state index is 14.2. The minimum Gasteiger partial charge on any atom is -0.599 e. The Balaban J connectivity index is 1.40. The number of carbonyl (C=O) groups excluding carboxylic acids is 4. The highest BCUT2D eigenvalue weighted by Gasteiger charge is 2.39. The fraction of sp³-hybridized carbons (Fsp3) is 0.500. The van der Waals surface area contributed by atoms with Crippen molar-refractivity contribution in [2.75, 3.05) is 19.7 Å². The second-order valence-corrected chi connectivity index (χ2v) is 15.2. The molecule has 15 heteroatoms. The van der Waals surface area contributed by atoms with Gasteiger partial charge in [0.15, 0.2) is 11.7 Å². The van der Waals surface area contributed by atoms with Gasteiger partial charge in [-0.1, -0.05) is 73.0 Å². The quantitative estimate of drug-likeness (QED) is 0.102. The Kier molecular flexibility index (Phi) is 14.8. The largest absolute Gasteiger partial charge is 0.599 e. The molecule has 2 heterocycles. The van der Waals surface area contributed by atoms with Gasteiger partial charge < -0.3 is 42.0 Å². The number of carbonyl (C=O) groups is 5. The molecule has 2 aromatic rings. The predicted molar refractivity (Wildman–Crippen MR) is 213 cm³/mol. The number of aliphatic carboxylic acids is 1. The lowest BCUT2D eigenvalue weighted by Crippen LogP contribution is -2.56. The summed E-state index contributed by atoms with van der Waals surface area (Å²) >= 11 is 0. The van der Waals surface area contributed by atoms with Crippen LogP contribution in [0.5, 0.6) is 0 Å². The van der Waals surface area contributed by atoms with Gasteiger partial charge in [0.1, 0.15) is 24.2 Å². The van der Waals surface area contributed by atoms with E-state index >= 15 is 0 Å². The molecule has 15 nitrogen and oxygen atoms in total. The van der Waals surface area contributed by atoms with E-state index < -0.39 is 65.6 Å². The number of guanidine groups is 1. The van der Waals surface area contributed by atoms with E-state index in [9.17, 15) is 34.2 Å². The molecule has 3 aliphatic rings. The van der Waals surface area contributed by atoms with Crippen LogP contribution in [0.25, 0.3) is 11.1 Å². The van der Waals surface area contributed by atoms with Gasteiger partial charge in [0.05, 0.1) is 12.0 Å². The second kappa shape index (κ2) is 19.9. The monoisotopic (exact) mass is 784 g/mol. The van der Waals surface area contributed by atoms with Crippen LogP contribution in [-0.2, 0) is 28.7 Å². The number of ether oxygens (including phenoxy) is 1. The Hall–Kier alpha value is -5.73. The Bertz CT molecular complexity index is 1840. The second-order valence-electron chi connectivity index (χ2n) is 15.2. The number of nitrogens with zero attached hydrogens (tertiary/aromatic N) is 3. The van der Waals surface area contributed by atoms with E-state index in [0.29, 0.717) is 32.1 Å². The maximum Gasteiger partial charge on any atom is 0.306 e. The number of allylic oxidation sites excluding steroid dienone is 1. The van der Waals surface area contributed by atoms with Crippen molar-refractivity contribution in [3.05, 3.63) is 71.3 Å². The zero-order valence-corrected chi connectivity index (χ0v) is 32.7. The SMILES string of the molecule is CC(C)=CC[C@@H]1NC(=O)C2CCCN2C(=O)[C@@H](N=C([O-])OCC2c3ccccc3-c3ccccc32)CCCC[C@@H](C(=O)O)CC(=O)[C@H](CCCN=C(N)N)NC1=O. The first kappa shape index (κ1) is 42.4. The number of hydrogen-bond acceptors (Lipinski definition) is 9. The van der Waals surface area contributed by atoms with Gasteiger partial charge in [0, 0.05) is 32.0 Å². The van der Waals surface area contributed by atoms with E-state index in [-0.39, 0.29) is 63.7 Å². The number of nitrogens with two attached hydrogens (primary N) is 2. The molecule has 5 atom stereocenters. The Morgan fingerprint density at radius 2 is 1.58 bits per heavy atom. The molecule has 306 valence electrons. The molecule has 2 saturated heterocycles. The van der Waals surface area contributed by atoms with Crippen LogP contribution >= 0.6 is 0 Å². The van der Waals surface area contributed by atoms with Crippen LogP contribution in [0.2, 0.25) is 0 Å². The van der Waals surface area contributed by atoms with E-state index in [1.54, 1.807) is 6.08 Å². The molecule has 0 spiro atoms. The van der Waals surface area contributed by atoms with Crippen LogP contribution in [0.4, 0.5) is 0 Å². The van der Waals surface area contributed by atoms with E-state index in [0.717, 1.165) is 27.8 Å². The maximum atomic E-state index is 14.2. The lowest BCUT2D eigenvalue weighted by molar-refractivity contribution is -0.251. The molecular formula is C42H54N7O8-. The lowest BCUT2D eigenvalue weighted by atomic mass is 9.91. The molecule has 0 bridgehead atoms. The number of carboxylic acid groups (broad SMARTS) is 1. The van der Waals surface area contributed by atoms with Gasteiger partial charge in [-0.25, -0.2) is 0 Å². The molecule has 2 fully saturated rings. The third-order valence-corrected chi connectivity index (χ3v) is 10.8. The molecule has 3 amide bonds. The van der Waals surface area contributed by atoms with Crippen molar-refractivity contribution in [1.29, 1.82) is 0 Å². The molecule has 2 aliphatic heterocycles. The molecule has 5 rings (SSSR count). The van der Waals surface area contributed by atoms with Crippen LogP contribution in [0.1, 0.15) is 95.1 Å². The first-order chi connectivity index (χ1) is 27.3. The number of Topliss-reactive ketones (excluding diaryl/α,β-unsaturated/α-hetero) is 1. The summed E-state index contributed by atoms with van der Waals surface area (Å²) < 4.78 is 5.73. The van der Waals surface area contributed by atoms with Gasteiger partial charge in [-0.2, -0.15) is 0 Å². The van der Waals surface area contributed by atoms with Gasteiger partial charge in [-0.3, -0.25) is 34.0 Å². The molecule has 0 aromatic heterocycles. The smallest absolute Gasteiger partial charge is 0.306 e. The van der Waals surface area contributed by atoms with Crippen LogP contribution in [0, 0.1) is 5.92 Å². The zero-order chi connectivity index (χ0) is 41.1. The van der Waals surface area contributed by atoms with E-state index in [1.165, 1.54) is 4.90 Å². The summed E-state index contributed by atoms with van der Waals surface area (Å²) in [6.07, 6.45) is 2.74. The Morgan fingerprint density at radius 3 is 2.23 bits per heavy atom. The van der Waals surface area contributed by atoms with E-state index in [1.807, 2.05) is 62.4 Å². The molecule has 0 radical (unpaired) electrons. The summed E-state index contributed by atoms with van der Waals surface area (Å²) in [5, 5.41) is 29.1. The van der Waals surface area contributed by atoms with Crippen molar-refractivity contribution in [3.8, 4) is 11.1 Å². The third-order valence-electron chi connectivity index (χ3n) is 10.8. The normalized spacial score (nSPS) is 23.6. The van der Waals surface area contributed by atoms with Crippen LogP contribution in [0.3, 0.4) is 0 Å². The minimum atomic E-state index is -1.20. The fourth-order valence-electron chi connectivity index (χ4n) is 7.87. The average molecular weight is 785 g/mol. The van der Waals surface area contributed by atoms with Crippen molar-refractivity contribution in [3.63, 3.8) is 0 Å². The van der Waals surface area contributed by atoms with E-state index in [2.05, 4.69) is 20.6 Å². The van der Waals surface area contributed by atoms with Crippen molar-refractivity contribution >= 4 is 41.5 Å². The highest BCUT2D eigenvalue weighted by Crippen LogP contribution is 2.44. The summed E-state index contributed by atoms with van der Waals surface area (Å²) in [7, 11) is 0.